The highest BCUT2D eigenvalue weighted by Crippen LogP contribution is 2.48. The summed E-state index contributed by atoms with van der Waals surface area (Å²) in [7, 11) is -1.88. The number of nitrogens with zero attached hydrogens (tertiary/aromatic N) is 1. The van der Waals surface area contributed by atoms with E-state index in [-0.39, 0.29) is 17.2 Å². The first-order valence-corrected chi connectivity index (χ1v) is 11.8. The fraction of sp³-hybridized carbons (Fsp3) is 0.450. The van der Waals surface area contributed by atoms with Gasteiger partial charge in [-0.15, -0.1) is 0 Å². The van der Waals surface area contributed by atoms with Crippen LogP contribution in [0.4, 0.5) is 0 Å². The van der Waals surface area contributed by atoms with Crippen LogP contribution in [0.2, 0.25) is 0 Å². The number of carboxylic acids is 1. The van der Waals surface area contributed by atoms with E-state index in [1.807, 2.05) is 19.9 Å². The maximum Gasteiger partial charge on any atom is 0.304 e. The van der Waals surface area contributed by atoms with Crippen LogP contribution in [-0.4, -0.2) is 37.4 Å². The van der Waals surface area contributed by atoms with Crippen molar-refractivity contribution < 1.29 is 23.1 Å². The molecule has 0 spiro atoms. The molecule has 0 bridgehead atoms. The zero-order valence-electron chi connectivity index (χ0n) is 16.5. The molecule has 1 unspecified atom stereocenters. The summed E-state index contributed by atoms with van der Waals surface area (Å²) >= 11 is 1.59. The van der Waals surface area contributed by atoms with Crippen molar-refractivity contribution in [1.82, 2.24) is 4.57 Å². The van der Waals surface area contributed by atoms with Crippen molar-refractivity contribution in [3.05, 3.63) is 28.8 Å². The van der Waals surface area contributed by atoms with E-state index in [9.17, 15) is 18.3 Å². The molecule has 2 heterocycles. The molecule has 0 saturated carbocycles. The Morgan fingerprint density at radius 2 is 2.14 bits per heavy atom. The van der Waals surface area contributed by atoms with Gasteiger partial charge in [0.15, 0.2) is 9.84 Å². The second-order valence-corrected chi connectivity index (χ2v) is 10.4. The van der Waals surface area contributed by atoms with Crippen molar-refractivity contribution in [3.63, 3.8) is 0 Å². The fourth-order valence-electron chi connectivity index (χ4n) is 3.78. The number of methoxy groups -OCH3 is 1. The van der Waals surface area contributed by atoms with Crippen LogP contribution in [0, 0.1) is 0 Å². The number of fused-ring (bicyclic) bond motifs is 3. The van der Waals surface area contributed by atoms with E-state index in [4.69, 9.17) is 4.74 Å². The van der Waals surface area contributed by atoms with Crippen molar-refractivity contribution in [1.29, 1.82) is 0 Å². The van der Waals surface area contributed by atoms with Gasteiger partial charge in [-0.2, -0.15) is 0 Å². The van der Waals surface area contributed by atoms with E-state index < -0.39 is 15.8 Å². The van der Waals surface area contributed by atoms with Gasteiger partial charge in [0, 0.05) is 29.3 Å². The predicted molar refractivity (Wildman–Crippen MR) is 111 cm³/mol. The summed E-state index contributed by atoms with van der Waals surface area (Å²) in [4.78, 5) is 13.7. The van der Waals surface area contributed by atoms with Crippen LogP contribution in [0.3, 0.4) is 0 Å². The molecule has 0 fully saturated rings. The lowest BCUT2D eigenvalue weighted by Crippen LogP contribution is -2.18. The highest BCUT2D eigenvalue weighted by molar-refractivity contribution is 8.03. The van der Waals surface area contributed by atoms with Gasteiger partial charge >= 0.3 is 5.97 Å². The van der Waals surface area contributed by atoms with Gasteiger partial charge in [-0.3, -0.25) is 4.79 Å². The molecule has 1 aromatic heterocycles. The van der Waals surface area contributed by atoms with Crippen molar-refractivity contribution >= 4 is 38.5 Å². The van der Waals surface area contributed by atoms with Crippen molar-refractivity contribution in [2.24, 2.45) is 0 Å². The molecular weight excluding hydrogens is 398 g/mol. The number of allylic oxidation sites excluding steroid dienone is 2. The van der Waals surface area contributed by atoms with E-state index in [0.717, 1.165) is 45.8 Å². The summed E-state index contributed by atoms with van der Waals surface area (Å²) < 4.78 is 32.1. The summed E-state index contributed by atoms with van der Waals surface area (Å²) in [6.45, 7) is 4.70. The molecule has 3 rings (SSSR count). The van der Waals surface area contributed by atoms with E-state index >= 15 is 0 Å². The lowest BCUT2D eigenvalue weighted by Gasteiger charge is -2.25. The lowest BCUT2D eigenvalue weighted by molar-refractivity contribution is -0.137. The van der Waals surface area contributed by atoms with Crippen molar-refractivity contribution in [3.8, 4) is 5.75 Å². The number of aromatic nitrogens is 1. The average molecular weight is 424 g/mol. The number of thioether (sulfide) groups is 1. The smallest absolute Gasteiger partial charge is 0.304 e. The number of rotatable bonds is 6. The summed E-state index contributed by atoms with van der Waals surface area (Å²) in [6.07, 6.45) is 4.90. The third-order valence-electron chi connectivity index (χ3n) is 5.16. The zero-order valence-corrected chi connectivity index (χ0v) is 18.1. The molecule has 2 aromatic rings. The van der Waals surface area contributed by atoms with Crippen LogP contribution in [-0.2, 0) is 21.2 Å². The molecule has 1 aliphatic heterocycles. The normalized spacial score (nSPS) is 17.6. The minimum Gasteiger partial charge on any atom is -0.496 e. The van der Waals surface area contributed by atoms with Crippen LogP contribution in [0.5, 0.6) is 5.75 Å². The van der Waals surface area contributed by atoms with Crippen LogP contribution in [0.25, 0.3) is 10.9 Å². The molecule has 0 aliphatic carbocycles. The number of carboxylic acid groups (broad SMARTS) is 1. The lowest BCUT2D eigenvalue weighted by atomic mass is 9.93. The van der Waals surface area contributed by atoms with Gasteiger partial charge in [0.25, 0.3) is 0 Å². The Labute approximate surface area is 169 Å². The first-order valence-electron chi connectivity index (χ1n) is 9.14. The van der Waals surface area contributed by atoms with Crippen LogP contribution in [0.15, 0.2) is 32.9 Å². The number of ether oxygens (including phenoxy) is 1. The molecule has 1 aliphatic rings. The Morgan fingerprint density at radius 1 is 1.43 bits per heavy atom. The van der Waals surface area contributed by atoms with Crippen molar-refractivity contribution in [2.45, 2.75) is 55.4 Å². The maximum atomic E-state index is 12.2. The van der Waals surface area contributed by atoms with Gasteiger partial charge in [0.1, 0.15) is 5.75 Å². The molecule has 1 aromatic carbocycles. The Kier molecular flexibility index (Phi) is 5.82. The molecule has 8 heteroatoms. The topological polar surface area (TPSA) is 85.6 Å². The average Bonchev–Trinajstić information content (AvgIpc) is 2.94. The SMILES string of the molecule is C/C=C(\C)Sc1c2n(c3cc(S(C)(=O)=O)cc(OC)c13)CCCC2CC(=O)O. The number of carbonyl (C=O) groups is 1. The summed E-state index contributed by atoms with van der Waals surface area (Å²) in [5, 5.41) is 10.3. The third kappa shape index (κ3) is 3.80. The van der Waals surface area contributed by atoms with E-state index in [1.165, 1.54) is 13.4 Å². The molecule has 1 atom stereocenters. The maximum absolute atomic E-state index is 12.2. The second-order valence-electron chi connectivity index (χ2n) is 7.10. The highest BCUT2D eigenvalue weighted by Gasteiger charge is 2.31. The number of hydrogen-bond acceptors (Lipinski definition) is 5. The molecule has 0 amide bonds. The molecule has 0 radical (unpaired) electrons. The fourth-order valence-corrected chi connectivity index (χ4v) is 5.56. The van der Waals surface area contributed by atoms with E-state index in [2.05, 4.69) is 4.57 Å². The number of hydrogen-bond donors (Lipinski definition) is 1. The summed E-state index contributed by atoms with van der Waals surface area (Å²) in [5.74, 6) is -0.441. The monoisotopic (exact) mass is 423 g/mol. The minimum atomic E-state index is -3.41. The second kappa shape index (κ2) is 7.83. The largest absolute Gasteiger partial charge is 0.496 e. The third-order valence-corrected chi connectivity index (χ3v) is 7.42. The van der Waals surface area contributed by atoms with Gasteiger partial charge in [-0.1, -0.05) is 17.8 Å². The Morgan fingerprint density at radius 3 is 2.71 bits per heavy atom. The van der Waals surface area contributed by atoms with Gasteiger partial charge in [0.05, 0.1) is 29.3 Å². The molecule has 1 N–H and O–H groups in total. The number of benzene rings is 1. The van der Waals surface area contributed by atoms with Crippen LogP contribution >= 0.6 is 11.8 Å². The Hall–Kier alpha value is -1.93. The standard InChI is InChI=1S/C20H25NO5S2/c1-5-12(2)27-20-18-15(10-14(28(4,24)25)11-16(18)26-3)21-8-6-7-13(19(20)21)9-17(22)23/h5,10-11,13H,6-9H2,1-4H3,(H,22,23)/b12-5+. The minimum absolute atomic E-state index is 0.0556. The van der Waals surface area contributed by atoms with E-state index in [1.54, 1.807) is 23.9 Å². The first kappa shape index (κ1) is 20.8. The Bertz CT molecular complexity index is 1070. The quantitative estimate of drug-likeness (QED) is 0.692. The molecule has 28 heavy (non-hydrogen) atoms. The zero-order chi connectivity index (χ0) is 20.6. The van der Waals surface area contributed by atoms with Gasteiger partial charge < -0.3 is 14.4 Å². The molecule has 0 saturated heterocycles. The van der Waals surface area contributed by atoms with Crippen molar-refractivity contribution in [2.75, 3.05) is 13.4 Å². The molecular formula is C20H25NO5S2. The highest BCUT2D eigenvalue weighted by atomic mass is 32.2. The van der Waals surface area contributed by atoms with Gasteiger partial charge in [0.2, 0.25) is 0 Å². The predicted octanol–water partition coefficient (Wildman–Crippen LogP) is 4.42. The number of sulfone groups is 1. The van der Waals surface area contributed by atoms with Gasteiger partial charge in [-0.25, -0.2) is 8.42 Å². The summed E-state index contributed by atoms with van der Waals surface area (Å²) in [6, 6.07) is 3.25. The Balaban J connectivity index is 2.40. The van der Waals surface area contributed by atoms with Crippen LogP contribution < -0.4 is 4.74 Å². The van der Waals surface area contributed by atoms with Crippen LogP contribution in [0.1, 0.15) is 44.7 Å². The van der Waals surface area contributed by atoms with Gasteiger partial charge in [-0.05, 0) is 43.7 Å². The van der Waals surface area contributed by atoms with E-state index in [0.29, 0.717) is 5.75 Å². The number of aliphatic carboxylic acids is 1. The molecule has 152 valence electrons. The number of aryl methyl sites for hydroxylation is 1. The summed E-state index contributed by atoms with van der Waals surface area (Å²) in [5.41, 5.74) is 1.76. The first-order chi connectivity index (χ1) is 13.2. The molecule has 6 nitrogen and oxygen atoms in total.